The maximum Gasteiger partial charge on any atom is 0.264 e. The van der Waals surface area contributed by atoms with E-state index in [9.17, 15) is 0 Å². The quantitative estimate of drug-likeness (QED) is 0.163. The van der Waals surface area contributed by atoms with Gasteiger partial charge in [-0.2, -0.15) is 0 Å². The van der Waals surface area contributed by atoms with Crippen LogP contribution in [-0.4, -0.2) is 6.71 Å². The Morgan fingerprint density at radius 3 is 1.51 bits per heavy atom. The van der Waals surface area contributed by atoms with Gasteiger partial charge in [0.25, 0.3) is 6.71 Å². The summed E-state index contributed by atoms with van der Waals surface area (Å²) in [4.78, 5) is 5.48. The summed E-state index contributed by atoms with van der Waals surface area (Å²) in [5.74, 6) is 0. The molecule has 2 aliphatic carbocycles. The molecule has 7 aromatic rings. The number of nitrogens with zero attached hydrogens (tertiary/aromatic N) is 2. The molecule has 0 radical (unpaired) electrons. The number of thiophene rings is 1. The lowest BCUT2D eigenvalue weighted by Gasteiger charge is -2.45. The monoisotopic (exact) mass is 969 g/mol. The normalized spacial score (nSPS) is 18.2. The highest BCUT2D eigenvalue weighted by Gasteiger charge is 2.50. The van der Waals surface area contributed by atoms with E-state index in [2.05, 4.69) is 251 Å². The first kappa shape index (κ1) is 49.2. The van der Waals surface area contributed by atoms with Gasteiger partial charge >= 0.3 is 0 Å². The molecular formula is C68H81BN2S. The molecule has 6 aromatic carbocycles. The van der Waals surface area contributed by atoms with Gasteiger partial charge in [0, 0.05) is 43.2 Å². The summed E-state index contributed by atoms with van der Waals surface area (Å²) in [7, 11) is 0. The number of benzene rings is 6. The Kier molecular flexibility index (Phi) is 10.4. The molecule has 0 unspecified atom stereocenters. The van der Waals surface area contributed by atoms with Crippen molar-refractivity contribution in [1.82, 2.24) is 0 Å². The van der Waals surface area contributed by atoms with Crippen molar-refractivity contribution >= 4 is 78.0 Å². The first-order chi connectivity index (χ1) is 33.2. The Labute approximate surface area is 438 Å². The molecule has 0 N–H and O–H groups in total. The van der Waals surface area contributed by atoms with Gasteiger partial charge in [0.15, 0.2) is 0 Å². The fraction of sp³-hybridized carbons (Fsp3) is 0.441. The van der Waals surface area contributed by atoms with Gasteiger partial charge in [0.1, 0.15) is 0 Å². The Morgan fingerprint density at radius 2 is 0.931 bits per heavy atom. The summed E-state index contributed by atoms with van der Waals surface area (Å²) in [5, 5.41) is 1.36. The van der Waals surface area contributed by atoms with Crippen molar-refractivity contribution in [3.8, 4) is 11.1 Å². The van der Waals surface area contributed by atoms with Gasteiger partial charge in [-0.05, 0) is 172 Å². The van der Waals surface area contributed by atoms with E-state index in [1.54, 1.807) is 0 Å². The van der Waals surface area contributed by atoms with E-state index < -0.39 is 0 Å². The van der Waals surface area contributed by atoms with Crippen LogP contribution in [0.2, 0.25) is 0 Å². The van der Waals surface area contributed by atoms with E-state index >= 15 is 0 Å². The summed E-state index contributed by atoms with van der Waals surface area (Å²) in [6.45, 7) is 48.2. The van der Waals surface area contributed by atoms with Crippen LogP contribution in [0.15, 0.2) is 103 Å². The number of rotatable bonds is 3. The molecule has 2 aliphatic heterocycles. The van der Waals surface area contributed by atoms with Gasteiger partial charge in [-0.25, -0.2) is 0 Å². The standard InChI is InChI=1S/C68H81BN2S/c1-61(2,3)41-23-21-40(22-24-41)46-31-42(62(4,5)6)25-29-53(46)71-54-37-51-50(67(17,18)39-68(51,19)20)36-52(54)69-58-55(33-44(34-56(58)71)64(10,11)12)70(45-27-28-48-49(35-45)66(15,16)38-65(48,13)14)59-47-32-43(63(7,8)9)26-30-57(47)72-60(59)69/h21-37H,38-39H2,1-20H3. The molecule has 0 spiro atoms. The molecular weight excluding hydrogens is 888 g/mol. The summed E-state index contributed by atoms with van der Waals surface area (Å²) in [6, 6.07) is 42.4. The van der Waals surface area contributed by atoms with E-state index in [1.807, 2.05) is 11.3 Å². The topological polar surface area (TPSA) is 6.48 Å². The van der Waals surface area contributed by atoms with Gasteiger partial charge in [-0.1, -0.05) is 187 Å². The molecule has 4 heteroatoms. The fourth-order valence-electron chi connectivity index (χ4n) is 14.1. The van der Waals surface area contributed by atoms with Crippen LogP contribution in [0.4, 0.5) is 34.1 Å². The second-order valence-electron chi connectivity index (χ2n) is 29.4. The Balaban J connectivity index is 1.30. The predicted octanol–water partition coefficient (Wildman–Crippen LogP) is 17.8. The fourth-order valence-corrected chi connectivity index (χ4v) is 15.4. The highest BCUT2D eigenvalue weighted by molar-refractivity contribution is 7.33. The van der Waals surface area contributed by atoms with E-state index in [1.165, 1.54) is 116 Å². The molecule has 372 valence electrons. The van der Waals surface area contributed by atoms with Crippen molar-refractivity contribution in [3.05, 3.63) is 148 Å². The van der Waals surface area contributed by atoms with Crippen LogP contribution >= 0.6 is 11.3 Å². The molecule has 11 rings (SSSR count). The second kappa shape index (κ2) is 15.3. The van der Waals surface area contributed by atoms with Crippen molar-refractivity contribution < 1.29 is 0 Å². The third-order valence-electron chi connectivity index (χ3n) is 17.6. The summed E-state index contributed by atoms with van der Waals surface area (Å²) >= 11 is 2.03. The SMILES string of the molecule is CC(C)(C)c1ccc(-c2cc(C(C)(C)C)ccc2N2c3cc4c(cc3B3c5sc6ccc(C(C)(C)C)cc6c5N(c5ccc6c(c5)C(C)(C)CC6(C)C)c5cc(C(C)(C)C)cc2c53)C(C)(C)CC4(C)C)cc1. The second-order valence-corrected chi connectivity index (χ2v) is 30.5. The van der Waals surface area contributed by atoms with Crippen LogP contribution < -0.4 is 25.5 Å². The zero-order valence-corrected chi connectivity index (χ0v) is 48.4. The van der Waals surface area contributed by atoms with Crippen LogP contribution in [0.1, 0.15) is 196 Å². The van der Waals surface area contributed by atoms with Crippen LogP contribution in [0, 0.1) is 0 Å². The molecule has 0 atom stereocenters. The predicted molar refractivity (Wildman–Crippen MR) is 317 cm³/mol. The number of hydrogen-bond acceptors (Lipinski definition) is 3. The summed E-state index contributed by atoms with van der Waals surface area (Å²) in [5.41, 5.74) is 24.6. The van der Waals surface area contributed by atoms with Crippen molar-refractivity contribution in [2.24, 2.45) is 0 Å². The van der Waals surface area contributed by atoms with E-state index in [-0.39, 0.29) is 50.0 Å². The third kappa shape index (κ3) is 7.52. The first-order valence-electron chi connectivity index (χ1n) is 27.1. The molecule has 3 heterocycles. The van der Waals surface area contributed by atoms with Crippen molar-refractivity contribution in [1.29, 1.82) is 0 Å². The smallest absolute Gasteiger partial charge is 0.264 e. The highest BCUT2D eigenvalue weighted by Crippen LogP contribution is 2.57. The molecule has 0 saturated heterocycles. The minimum Gasteiger partial charge on any atom is -0.311 e. The lowest BCUT2D eigenvalue weighted by atomic mass is 9.35. The molecule has 4 aliphatic rings. The number of hydrogen-bond donors (Lipinski definition) is 0. The molecule has 0 amide bonds. The zero-order chi connectivity index (χ0) is 52.0. The molecule has 0 bridgehead atoms. The molecule has 2 nitrogen and oxygen atoms in total. The lowest BCUT2D eigenvalue weighted by Crippen LogP contribution is -2.60. The lowest BCUT2D eigenvalue weighted by molar-refractivity contribution is 0.403. The van der Waals surface area contributed by atoms with E-state index in [4.69, 9.17) is 0 Å². The van der Waals surface area contributed by atoms with Crippen LogP contribution in [-0.2, 0) is 43.3 Å². The van der Waals surface area contributed by atoms with Crippen LogP contribution in [0.25, 0.3) is 21.2 Å². The van der Waals surface area contributed by atoms with Gasteiger partial charge in [-0.3, -0.25) is 0 Å². The average molecular weight is 969 g/mol. The largest absolute Gasteiger partial charge is 0.311 e. The number of anilines is 6. The van der Waals surface area contributed by atoms with Gasteiger partial charge < -0.3 is 9.80 Å². The maximum atomic E-state index is 2.74. The third-order valence-corrected chi connectivity index (χ3v) is 18.9. The maximum absolute atomic E-state index is 2.74. The minimum absolute atomic E-state index is 0.000353. The number of fused-ring (bicyclic) bond motifs is 8. The van der Waals surface area contributed by atoms with Crippen LogP contribution in [0.3, 0.4) is 0 Å². The molecule has 0 saturated carbocycles. The Bertz CT molecular complexity index is 3400. The Morgan fingerprint density at radius 1 is 0.431 bits per heavy atom. The molecule has 1 aromatic heterocycles. The molecule has 72 heavy (non-hydrogen) atoms. The van der Waals surface area contributed by atoms with Gasteiger partial charge in [-0.15, -0.1) is 11.3 Å². The van der Waals surface area contributed by atoms with Gasteiger partial charge in [0.2, 0.25) is 0 Å². The summed E-state index contributed by atoms with van der Waals surface area (Å²) < 4.78 is 2.81. The minimum atomic E-state index is -0.134. The molecule has 0 fully saturated rings. The summed E-state index contributed by atoms with van der Waals surface area (Å²) in [6.07, 6.45) is 2.25. The highest BCUT2D eigenvalue weighted by atomic mass is 32.1. The zero-order valence-electron chi connectivity index (χ0n) is 47.6. The van der Waals surface area contributed by atoms with E-state index in [0.29, 0.717) is 0 Å². The Hall–Kier alpha value is -5.06. The van der Waals surface area contributed by atoms with Gasteiger partial charge in [0.05, 0.1) is 11.4 Å². The van der Waals surface area contributed by atoms with E-state index in [0.717, 1.165) is 12.8 Å². The van der Waals surface area contributed by atoms with Crippen molar-refractivity contribution in [2.45, 2.75) is 195 Å². The first-order valence-corrected chi connectivity index (χ1v) is 27.9. The average Bonchev–Trinajstić information content (AvgIpc) is 3.80. The van der Waals surface area contributed by atoms with Crippen molar-refractivity contribution in [3.63, 3.8) is 0 Å². The van der Waals surface area contributed by atoms with Crippen molar-refractivity contribution in [2.75, 3.05) is 9.80 Å². The van der Waals surface area contributed by atoms with Crippen LogP contribution in [0.5, 0.6) is 0 Å².